The van der Waals surface area contributed by atoms with Gasteiger partial charge in [-0.15, -0.1) is 11.8 Å². The van der Waals surface area contributed by atoms with Crippen LogP contribution in [-0.4, -0.2) is 37.4 Å². The molecule has 96 valence electrons. The smallest absolute Gasteiger partial charge is 0.261 e. The number of fused-ring (bicyclic) bond motifs is 1. The molecule has 1 aliphatic heterocycles. The Bertz CT molecular complexity index is 638. The van der Waals surface area contributed by atoms with Crippen molar-refractivity contribution in [2.24, 2.45) is 0 Å². The second-order valence-electron chi connectivity index (χ2n) is 3.95. The van der Waals surface area contributed by atoms with Gasteiger partial charge in [-0.1, -0.05) is 0 Å². The van der Waals surface area contributed by atoms with E-state index < -0.39 is 0 Å². The number of aliphatic hydroxyl groups excluding tert-OH is 1. The van der Waals surface area contributed by atoms with E-state index in [4.69, 9.17) is 15.6 Å². The summed E-state index contributed by atoms with van der Waals surface area (Å²) < 4.78 is 7.39. The molecule has 1 fully saturated rings. The zero-order valence-corrected chi connectivity index (χ0v) is 10.2. The van der Waals surface area contributed by atoms with Crippen LogP contribution in [0, 0.1) is 0 Å². The van der Waals surface area contributed by atoms with Gasteiger partial charge in [0.25, 0.3) is 5.56 Å². The third-order valence-corrected chi connectivity index (χ3v) is 3.90. The fourth-order valence-electron chi connectivity index (χ4n) is 1.98. The highest BCUT2D eigenvalue weighted by molar-refractivity contribution is 8.00. The van der Waals surface area contributed by atoms with Crippen LogP contribution < -0.4 is 11.3 Å². The van der Waals surface area contributed by atoms with Crippen molar-refractivity contribution in [3.8, 4) is 0 Å². The molecule has 0 aliphatic carbocycles. The zero-order valence-electron chi connectivity index (χ0n) is 9.37. The minimum Gasteiger partial charge on any atom is -0.393 e. The third kappa shape index (κ3) is 1.78. The lowest BCUT2D eigenvalue weighted by atomic mass is 10.4. The van der Waals surface area contributed by atoms with Crippen molar-refractivity contribution in [2.45, 2.75) is 11.7 Å². The molecule has 0 bridgehead atoms. The summed E-state index contributed by atoms with van der Waals surface area (Å²) in [5, 5.41) is 9.51. The van der Waals surface area contributed by atoms with E-state index in [0.717, 1.165) is 0 Å². The molecule has 0 spiro atoms. The molecule has 2 aromatic rings. The quantitative estimate of drug-likeness (QED) is 0.701. The van der Waals surface area contributed by atoms with Crippen molar-refractivity contribution in [3.63, 3.8) is 0 Å². The number of nitrogen functional groups attached to an aromatic ring is 1. The van der Waals surface area contributed by atoms with Gasteiger partial charge in [-0.05, 0) is 6.07 Å². The number of ether oxygens (including phenoxy) is 1. The highest BCUT2D eigenvalue weighted by Crippen LogP contribution is 2.32. The molecule has 0 radical (unpaired) electrons. The molecule has 18 heavy (non-hydrogen) atoms. The molecule has 0 saturated carbocycles. The van der Waals surface area contributed by atoms with E-state index in [1.165, 1.54) is 11.8 Å². The average Bonchev–Trinajstić information content (AvgIpc) is 2.93. The minimum atomic E-state index is -0.263. The standard InChI is InChI=1S/C10H12N4O3S/c11-10-12-8-5(9(16)13-10)1-2-14(8)6-4-18-7(3-15)17-6/h1-2,6-7,15H,3-4H2,(H3,11,12,13,16)/t6-,7+/m1/s1. The molecule has 0 aromatic carbocycles. The molecule has 1 saturated heterocycles. The Kier molecular flexibility index (Phi) is 2.77. The van der Waals surface area contributed by atoms with Gasteiger partial charge < -0.3 is 20.1 Å². The van der Waals surface area contributed by atoms with Gasteiger partial charge in [-0.2, -0.15) is 4.98 Å². The fraction of sp³-hybridized carbons (Fsp3) is 0.400. The van der Waals surface area contributed by atoms with Gasteiger partial charge in [-0.25, -0.2) is 0 Å². The summed E-state index contributed by atoms with van der Waals surface area (Å²) in [5.74, 6) is 0.778. The van der Waals surface area contributed by atoms with E-state index in [1.807, 2.05) is 0 Å². The molecule has 0 unspecified atom stereocenters. The molecule has 8 heteroatoms. The Balaban J connectivity index is 2.05. The Morgan fingerprint density at radius 1 is 1.72 bits per heavy atom. The monoisotopic (exact) mass is 268 g/mol. The first-order valence-electron chi connectivity index (χ1n) is 5.43. The van der Waals surface area contributed by atoms with Crippen LogP contribution >= 0.6 is 11.8 Å². The van der Waals surface area contributed by atoms with Gasteiger partial charge in [0.1, 0.15) is 11.7 Å². The molecule has 3 heterocycles. The maximum Gasteiger partial charge on any atom is 0.261 e. The number of hydrogen-bond acceptors (Lipinski definition) is 6. The van der Waals surface area contributed by atoms with Crippen molar-refractivity contribution in [1.82, 2.24) is 14.5 Å². The number of anilines is 1. The Hall–Kier alpha value is -1.51. The number of thioether (sulfide) groups is 1. The summed E-state index contributed by atoms with van der Waals surface area (Å²) in [4.78, 5) is 18.2. The molecule has 4 N–H and O–H groups in total. The minimum absolute atomic E-state index is 0.0312. The highest BCUT2D eigenvalue weighted by Gasteiger charge is 2.27. The van der Waals surface area contributed by atoms with Gasteiger partial charge in [0.2, 0.25) is 5.95 Å². The molecular weight excluding hydrogens is 256 g/mol. The molecular formula is C10H12N4O3S. The lowest BCUT2D eigenvalue weighted by Crippen LogP contribution is -2.16. The Labute approximate surface area is 106 Å². The SMILES string of the molecule is Nc1nc2c(ccn2[C@H]2CS[C@@H](CO)O2)c(=O)[nH]1. The number of nitrogens with two attached hydrogens (primary N) is 1. The van der Waals surface area contributed by atoms with Crippen molar-refractivity contribution in [1.29, 1.82) is 0 Å². The first kappa shape index (κ1) is 11.6. The van der Waals surface area contributed by atoms with Crippen LogP contribution in [0.3, 0.4) is 0 Å². The molecule has 1 aliphatic rings. The average molecular weight is 268 g/mol. The summed E-state index contributed by atoms with van der Waals surface area (Å²) in [5.41, 5.74) is 5.55. The molecule has 2 atom stereocenters. The van der Waals surface area contributed by atoms with Crippen LogP contribution in [0.25, 0.3) is 11.0 Å². The van der Waals surface area contributed by atoms with Crippen molar-refractivity contribution >= 4 is 28.7 Å². The number of hydrogen-bond donors (Lipinski definition) is 3. The van der Waals surface area contributed by atoms with Gasteiger partial charge in [0.15, 0.2) is 5.65 Å². The largest absolute Gasteiger partial charge is 0.393 e. The third-order valence-electron chi connectivity index (χ3n) is 2.79. The number of nitrogens with one attached hydrogen (secondary N) is 1. The lowest BCUT2D eigenvalue weighted by molar-refractivity contribution is -0.00161. The Morgan fingerprint density at radius 2 is 2.56 bits per heavy atom. The van der Waals surface area contributed by atoms with E-state index in [2.05, 4.69) is 9.97 Å². The molecule has 0 amide bonds. The maximum atomic E-state index is 11.7. The number of nitrogens with zero attached hydrogens (tertiary/aromatic N) is 2. The van der Waals surface area contributed by atoms with Crippen molar-refractivity contribution in [2.75, 3.05) is 18.1 Å². The van der Waals surface area contributed by atoms with Crippen LogP contribution in [0.1, 0.15) is 6.23 Å². The number of H-pyrrole nitrogens is 1. The second kappa shape index (κ2) is 4.30. The second-order valence-corrected chi connectivity index (χ2v) is 5.14. The molecule has 2 aromatic heterocycles. The topological polar surface area (TPSA) is 106 Å². The number of aliphatic hydroxyl groups is 1. The predicted molar refractivity (Wildman–Crippen MR) is 68.2 cm³/mol. The zero-order chi connectivity index (χ0) is 12.7. The summed E-state index contributed by atoms with van der Waals surface area (Å²) >= 11 is 1.53. The van der Waals surface area contributed by atoms with E-state index in [1.54, 1.807) is 16.8 Å². The normalized spacial score (nSPS) is 23.8. The van der Waals surface area contributed by atoms with Gasteiger partial charge in [0, 0.05) is 11.9 Å². The molecule has 7 nitrogen and oxygen atoms in total. The van der Waals surface area contributed by atoms with Gasteiger partial charge in [-0.3, -0.25) is 9.78 Å². The van der Waals surface area contributed by atoms with E-state index in [9.17, 15) is 4.79 Å². The van der Waals surface area contributed by atoms with E-state index in [0.29, 0.717) is 16.8 Å². The van der Waals surface area contributed by atoms with Crippen LogP contribution in [0.2, 0.25) is 0 Å². The lowest BCUT2D eigenvalue weighted by Gasteiger charge is -2.13. The summed E-state index contributed by atoms with van der Waals surface area (Å²) in [6, 6.07) is 1.68. The fourth-order valence-corrected chi connectivity index (χ4v) is 2.91. The van der Waals surface area contributed by atoms with Crippen LogP contribution in [0.15, 0.2) is 17.1 Å². The summed E-state index contributed by atoms with van der Waals surface area (Å²) in [6.07, 6.45) is 1.51. The van der Waals surface area contributed by atoms with Crippen LogP contribution in [-0.2, 0) is 4.74 Å². The van der Waals surface area contributed by atoms with Gasteiger partial charge >= 0.3 is 0 Å². The Morgan fingerprint density at radius 3 is 3.28 bits per heavy atom. The highest BCUT2D eigenvalue weighted by atomic mass is 32.2. The van der Waals surface area contributed by atoms with Gasteiger partial charge in [0.05, 0.1) is 12.0 Å². The number of aromatic amines is 1. The number of rotatable bonds is 2. The van der Waals surface area contributed by atoms with Crippen molar-refractivity contribution < 1.29 is 9.84 Å². The summed E-state index contributed by atoms with van der Waals surface area (Å²) in [6.45, 7) is -0.0312. The van der Waals surface area contributed by atoms with Crippen LogP contribution in [0.4, 0.5) is 5.95 Å². The predicted octanol–water partition coefficient (Wildman–Crippen LogP) is -0.113. The summed E-state index contributed by atoms with van der Waals surface area (Å²) in [7, 11) is 0. The van der Waals surface area contributed by atoms with E-state index in [-0.39, 0.29) is 29.8 Å². The number of aromatic nitrogens is 3. The first-order chi connectivity index (χ1) is 8.69. The maximum absolute atomic E-state index is 11.7. The van der Waals surface area contributed by atoms with Crippen molar-refractivity contribution in [3.05, 3.63) is 22.6 Å². The van der Waals surface area contributed by atoms with Crippen LogP contribution in [0.5, 0.6) is 0 Å². The van der Waals surface area contributed by atoms with E-state index >= 15 is 0 Å². The molecule has 3 rings (SSSR count). The first-order valence-corrected chi connectivity index (χ1v) is 6.48.